The predicted molar refractivity (Wildman–Crippen MR) is 109 cm³/mol. The van der Waals surface area contributed by atoms with Gasteiger partial charge in [-0.25, -0.2) is 8.42 Å². The van der Waals surface area contributed by atoms with Gasteiger partial charge < -0.3 is 9.80 Å². The number of rotatable bonds is 3. The number of fused-ring (bicyclic) bond motifs is 1. The average Bonchev–Trinajstić information content (AvgIpc) is 3.12. The van der Waals surface area contributed by atoms with Crippen LogP contribution in [0.15, 0.2) is 47.4 Å². The van der Waals surface area contributed by atoms with E-state index >= 15 is 0 Å². The van der Waals surface area contributed by atoms with Crippen molar-refractivity contribution in [3.8, 4) is 0 Å². The molecule has 4 rings (SSSR count). The predicted octanol–water partition coefficient (Wildman–Crippen LogP) is 2.13. The van der Waals surface area contributed by atoms with E-state index in [2.05, 4.69) is 4.90 Å². The summed E-state index contributed by atoms with van der Waals surface area (Å²) in [6.07, 6.45) is 0.820. The maximum absolute atomic E-state index is 13.2. The van der Waals surface area contributed by atoms with Crippen molar-refractivity contribution in [3.05, 3.63) is 59.2 Å². The topological polar surface area (TPSA) is 60.9 Å². The second-order valence-corrected chi connectivity index (χ2v) is 9.46. The summed E-state index contributed by atoms with van der Waals surface area (Å²) in [4.78, 5) is 17.3. The molecule has 0 aliphatic carbocycles. The Morgan fingerprint density at radius 2 is 1.68 bits per heavy atom. The van der Waals surface area contributed by atoms with Crippen LogP contribution in [0.2, 0.25) is 0 Å². The lowest BCUT2D eigenvalue weighted by Crippen LogP contribution is -2.47. The second kappa shape index (κ2) is 7.31. The molecule has 0 radical (unpaired) electrons. The van der Waals surface area contributed by atoms with E-state index in [1.807, 2.05) is 38.2 Å². The molecule has 0 unspecified atom stereocenters. The molecule has 2 aliphatic heterocycles. The number of sulfonamides is 1. The van der Waals surface area contributed by atoms with Crippen molar-refractivity contribution in [3.63, 3.8) is 0 Å². The smallest absolute Gasteiger partial charge is 0.258 e. The molecular weight excluding hydrogens is 374 g/mol. The van der Waals surface area contributed by atoms with Gasteiger partial charge in [-0.15, -0.1) is 0 Å². The first kappa shape index (κ1) is 19.1. The van der Waals surface area contributed by atoms with Crippen molar-refractivity contribution in [2.24, 2.45) is 0 Å². The van der Waals surface area contributed by atoms with Gasteiger partial charge in [0.05, 0.1) is 4.90 Å². The number of benzene rings is 2. The Hall–Kier alpha value is -2.22. The molecule has 0 atom stereocenters. The molecule has 6 nitrogen and oxygen atoms in total. The first-order valence-corrected chi connectivity index (χ1v) is 11.0. The number of anilines is 1. The summed E-state index contributed by atoms with van der Waals surface area (Å²) < 4.78 is 27.7. The van der Waals surface area contributed by atoms with Crippen LogP contribution in [0, 0.1) is 6.92 Å². The summed E-state index contributed by atoms with van der Waals surface area (Å²) in [5.41, 5.74) is 3.30. The molecule has 0 saturated carbocycles. The average molecular weight is 400 g/mol. The number of amides is 1. The Morgan fingerprint density at radius 3 is 2.43 bits per heavy atom. The van der Waals surface area contributed by atoms with Crippen molar-refractivity contribution in [1.29, 1.82) is 0 Å². The zero-order valence-corrected chi connectivity index (χ0v) is 17.1. The van der Waals surface area contributed by atoms with Crippen LogP contribution < -0.4 is 4.90 Å². The molecule has 7 heteroatoms. The highest BCUT2D eigenvalue weighted by molar-refractivity contribution is 7.89. The minimum absolute atomic E-state index is 0.141. The molecule has 0 spiro atoms. The molecule has 28 heavy (non-hydrogen) atoms. The number of carbonyl (C=O) groups is 1. The molecule has 2 heterocycles. The molecule has 2 aliphatic rings. The highest BCUT2D eigenvalue weighted by atomic mass is 32.2. The highest BCUT2D eigenvalue weighted by Crippen LogP contribution is 2.30. The second-order valence-electron chi connectivity index (χ2n) is 7.52. The number of para-hydroxylation sites is 1. The van der Waals surface area contributed by atoms with Gasteiger partial charge in [0.2, 0.25) is 10.0 Å². The van der Waals surface area contributed by atoms with E-state index in [0.29, 0.717) is 38.3 Å². The standard InChI is InChI=1S/C21H25N3O3S/c1-16-7-8-18(28(26,27)23-13-11-22(2)12-14-23)15-19(16)21(25)24-10-9-17-5-3-4-6-20(17)24/h3-8,15H,9-14H2,1-2H3. The maximum atomic E-state index is 13.2. The van der Waals surface area contributed by atoms with Crippen molar-refractivity contribution in [2.45, 2.75) is 18.2 Å². The molecule has 0 bridgehead atoms. The largest absolute Gasteiger partial charge is 0.308 e. The monoisotopic (exact) mass is 399 g/mol. The molecule has 1 amide bonds. The van der Waals surface area contributed by atoms with E-state index < -0.39 is 10.0 Å². The SMILES string of the molecule is Cc1ccc(S(=O)(=O)N2CCN(C)CC2)cc1C(=O)N1CCc2ccccc21. The van der Waals surface area contributed by atoms with Gasteiger partial charge in [0.25, 0.3) is 5.91 Å². The van der Waals surface area contributed by atoms with Crippen LogP contribution in [0.1, 0.15) is 21.5 Å². The third-order valence-corrected chi connectivity index (χ3v) is 7.57. The first-order chi connectivity index (χ1) is 13.4. The number of likely N-dealkylation sites (N-methyl/N-ethyl adjacent to an activating group) is 1. The van der Waals surface area contributed by atoms with Crippen molar-refractivity contribution >= 4 is 21.6 Å². The highest BCUT2D eigenvalue weighted by Gasteiger charge is 2.30. The maximum Gasteiger partial charge on any atom is 0.258 e. The molecule has 1 fully saturated rings. The summed E-state index contributed by atoms with van der Waals surface area (Å²) in [6.45, 7) is 4.82. The molecule has 148 valence electrons. The third-order valence-electron chi connectivity index (χ3n) is 5.67. The van der Waals surface area contributed by atoms with Crippen molar-refractivity contribution in [2.75, 3.05) is 44.7 Å². The van der Waals surface area contributed by atoms with E-state index in [9.17, 15) is 13.2 Å². The zero-order chi connectivity index (χ0) is 19.9. The molecule has 2 aromatic carbocycles. The Bertz CT molecular complexity index is 1010. The van der Waals surface area contributed by atoms with Crippen LogP contribution in [-0.2, 0) is 16.4 Å². The van der Waals surface area contributed by atoms with Crippen LogP contribution in [0.4, 0.5) is 5.69 Å². The fraction of sp³-hybridized carbons (Fsp3) is 0.381. The van der Waals surface area contributed by atoms with Gasteiger partial charge in [-0.3, -0.25) is 4.79 Å². The zero-order valence-electron chi connectivity index (χ0n) is 16.3. The van der Waals surface area contributed by atoms with Crippen LogP contribution in [0.3, 0.4) is 0 Å². The van der Waals surface area contributed by atoms with E-state index in [4.69, 9.17) is 0 Å². The van der Waals surface area contributed by atoms with E-state index in [-0.39, 0.29) is 10.8 Å². The van der Waals surface area contributed by atoms with Gasteiger partial charge in [-0.1, -0.05) is 24.3 Å². The fourth-order valence-corrected chi connectivity index (χ4v) is 5.31. The van der Waals surface area contributed by atoms with Crippen LogP contribution in [0.5, 0.6) is 0 Å². The van der Waals surface area contributed by atoms with E-state index in [1.165, 1.54) is 4.31 Å². The summed E-state index contributed by atoms with van der Waals surface area (Å²) in [5.74, 6) is -0.141. The Morgan fingerprint density at radius 1 is 0.964 bits per heavy atom. The number of hydrogen-bond acceptors (Lipinski definition) is 4. The van der Waals surface area contributed by atoms with Gasteiger partial charge >= 0.3 is 0 Å². The van der Waals surface area contributed by atoms with Crippen molar-refractivity contribution in [1.82, 2.24) is 9.21 Å². The van der Waals surface area contributed by atoms with Gasteiger partial charge in [0.15, 0.2) is 0 Å². The number of hydrogen-bond donors (Lipinski definition) is 0. The number of carbonyl (C=O) groups excluding carboxylic acids is 1. The lowest BCUT2D eigenvalue weighted by molar-refractivity contribution is 0.0988. The molecular formula is C21H25N3O3S. The van der Waals surface area contributed by atoms with E-state index in [0.717, 1.165) is 23.2 Å². The summed E-state index contributed by atoms with van der Waals surface area (Å²) in [5, 5.41) is 0. The molecule has 0 N–H and O–H groups in total. The Kier molecular flexibility index (Phi) is 4.99. The summed E-state index contributed by atoms with van der Waals surface area (Å²) in [6, 6.07) is 12.8. The Labute approximate surface area is 166 Å². The summed E-state index contributed by atoms with van der Waals surface area (Å²) in [7, 11) is -1.62. The minimum Gasteiger partial charge on any atom is -0.308 e. The molecule has 0 aromatic heterocycles. The minimum atomic E-state index is -3.61. The van der Waals surface area contributed by atoms with E-state index in [1.54, 1.807) is 23.1 Å². The van der Waals surface area contributed by atoms with Gasteiger partial charge in [-0.2, -0.15) is 4.31 Å². The van der Waals surface area contributed by atoms with Gasteiger partial charge in [0.1, 0.15) is 0 Å². The first-order valence-electron chi connectivity index (χ1n) is 9.57. The summed E-state index contributed by atoms with van der Waals surface area (Å²) >= 11 is 0. The number of piperazine rings is 1. The van der Waals surface area contributed by atoms with Gasteiger partial charge in [-0.05, 0) is 49.7 Å². The van der Waals surface area contributed by atoms with Gasteiger partial charge in [0, 0.05) is 44.0 Å². The quantitative estimate of drug-likeness (QED) is 0.793. The Balaban J connectivity index is 1.65. The molecule has 1 saturated heterocycles. The van der Waals surface area contributed by atoms with Crippen LogP contribution in [-0.4, -0.2) is 63.3 Å². The normalized spacial score (nSPS) is 18.3. The van der Waals surface area contributed by atoms with Crippen LogP contribution >= 0.6 is 0 Å². The molecule has 2 aromatic rings. The van der Waals surface area contributed by atoms with Crippen molar-refractivity contribution < 1.29 is 13.2 Å². The number of nitrogens with zero attached hydrogens (tertiary/aromatic N) is 3. The number of aryl methyl sites for hydroxylation is 1. The third kappa shape index (κ3) is 3.34. The van der Waals surface area contributed by atoms with Crippen LogP contribution in [0.25, 0.3) is 0 Å². The lowest BCUT2D eigenvalue weighted by Gasteiger charge is -2.31. The fourth-order valence-electron chi connectivity index (χ4n) is 3.86. The lowest BCUT2D eigenvalue weighted by atomic mass is 10.1.